The SMILES string of the molecule is Cc1cc(Oc2c(F)cccc2F)ncc1-n1ncc(C(=O)c2cc3cc4c(cc3[nH]2)CN(C2COC2)CC4)c1N. The van der Waals surface area contributed by atoms with Gasteiger partial charge in [0.1, 0.15) is 5.82 Å². The second-order valence-corrected chi connectivity index (χ2v) is 10.4. The van der Waals surface area contributed by atoms with E-state index in [0.717, 1.165) is 55.8 Å². The average molecular weight is 557 g/mol. The zero-order valence-corrected chi connectivity index (χ0v) is 22.2. The van der Waals surface area contributed by atoms with Crippen LogP contribution in [0.3, 0.4) is 0 Å². The first-order valence-corrected chi connectivity index (χ1v) is 13.3. The van der Waals surface area contributed by atoms with Gasteiger partial charge in [0.05, 0.1) is 48.6 Å². The van der Waals surface area contributed by atoms with Crippen LogP contribution in [-0.2, 0) is 17.7 Å². The molecule has 0 radical (unpaired) electrons. The number of anilines is 1. The summed E-state index contributed by atoms with van der Waals surface area (Å²) < 4.78 is 40.1. The van der Waals surface area contributed by atoms with E-state index in [4.69, 9.17) is 15.2 Å². The van der Waals surface area contributed by atoms with Gasteiger partial charge in [0.25, 0.3) is 0 Å². The lowest BCUT2D eigenvalue weighted by atomic mass is 9.96. The summed E-state index contributed by atoms with van der Waals surface area (Å²) in [4.78, 5) is 23.4. The van der Waals surface area contributed by atoms with Crippen LogP contribution < -0.4 is 10.5 Å². The summed E-state index contributed by atoms with van der Waals surface area (Å²) in [5, 5.41) is 5.30. The van der Waals surface area contributed by atoms with Crippen LogP contribution >= 0.6 is 0 Å². The van der Waals surface area contributed by atoms with Crippen LogP contribution in [0, 0.1) is 18.6 Å². The largest absolute Gasteiger partial charge is 0.433 e. The fourth-order valence-electron chi connectivity index (χ4n) is 5.44. The van der Waals surface area contributed by atoms with Gasteiger partial charge in [-0.1, -0.05) is 6.07 Å². The summed E-state index contributed by atoms with van der Waals surface area (Å²) in [6, 6.07) is 11.6. The van der Waals surface area contributed by atoms with Gasteiger partial charge in [-0.25, -0.2) is 18.4 Å². The number of nitrogen functional groups attached to an aromatic ring is 1. The molecule has 2 aromatic carbocycles. The summed E-state index contributed by atoms with van der Waals surface area (Å²) in [6.45, 7) is 5.19. The summed E-state index contributed by atoms with van der Waals surface area (Å²) >= 11 is 0. The zero-order chi connectivity index (χ0) is 28.2. The number of pyridine rings is 1. The number of hydrogen-bond donors (Lipinski definition) is 2. The van der Waals surface area contributed by atoms with E-state index in [1.54, 1.807) is 6.92 Å². The van der Waals surface area contributed by atoms with Crippen molar-refractivity contribution in [1.82, 2.24) is 24.6 Å². The van der Waals surface area contributed by atoms with E-state index in [-0.39, 0.29) is 23.0 Å². The highest BCUT2D eigenvalue weighted by molar-refractivity contribution is 6.12. The van der Waals surface area contributed by atoms with Crippen molar-refractivity contribution in [1.29, 1.82) is 0 Å². The summed E-state index contributed by atoms with van der Waals surface area (Å²) in [5.74, 6) is -2.35. The van der Waals surface area contributed by atoms with Crippen LogP contribution in [0.25, 0.3) is 16.6 Å². The second-order valence-electron chi connectivity index (χ2n) is 10.4. The van der Waals surface area contributed by atoms with Crippen LogP contribution in [0.15, 0.2) is 54.9 Å². The van der Waals surface area contributed by atoms with Crippen molar-refractivity contribution in [2.24, 2.45) is 0 Å². The Morgan fingerprint density at radius 3 is 2.66 bits per heavy atom. The van der Waals surface area contributed by atoms with E-state index in [9.17, 15) is 13.6 Å². The van der Waals surface area contributed by atoms with E-state index >= 15 is 0 Å². The number of hydrogen-bond acceptors (Lipinski definition) is 7. The van der Waals surface area contributed by atoms with Crippen molar-refractivity contribution in [2.75, 3.05) is 25.5 Å². The minimum absolute atomic E-state index is 0.00203. The molecule has 0 unspecified atom stereocenters. The van der Waals surface area contributed by atoms with E-state index in [1.165, 1.54) is 40.3 Å². The molecular formula is C30H26F2N6O3. The molecule has 5 aromatic rings. The van der Waals surface area contributed by atoms with Crippen LogP contribution in [0.4, 0.5) is 14.6 Å². The van der Waals surface area contributed by atoms with Gasteiger partial charge in [-0.05, 0) is 60.4 Å². The van der Waals surface area contributed by atoms with Gasteiger partial charge in [0.15, 0.2) is 11.6 Å². The number of carbonyl (C=O) groups excluding carboxylic acids is 1. The molecule has 0 bridgehead atoms. The van der Waals surface area contributed by atoms with E-state index in [2.05, 4.69) is 32.1 Å². The van der Waals surface area contributed by atoms with Gasteiger partial charge < -0.3 is 20.2 Å². The van der Waals surface area contributed by atoms with Gasteiger partial charge in [0, 0.05) is 30.1 Å². The first kappa shape index (κ1) is 25.4. The van der Waals surface area contributed by atoms with Crippen LogP contribution in [0.2, 0.25) is 0 Å². The Balaban J connectivity index is 1.14. The molecule has 208 valence electrons. The number of nitrogens with one attached hydrogen (secondary N) is 1. The maximum atomic E-state index is 14.0. The number of para-hydroxylation sites is 1. The van der Waals surface area contributed by atoms with Crippen LogP contribution in [0.5, 0.6) is 11.6 Å². The fourth-order valence-corrected chi connectivity index (χ4v) is 5.44. The number of aryl methyl sites for hydroxylation is 1. The number of aromatic amines is 1. The molecule has 3 N–H and O–H groups in total. The molecule has 0 aliphatic carbocycles. The number of rotatable bonds is 6. The minimum atomic E-state index is -0.837. The van der Waals surface area contributed by atoms with Crippen molar-refractivity contribution >= 4 is 22.5 Å². The molecule has 0 amide bonds. The van der Waals surface area contributed by atoms with Gasteiger partial charge in [-0.3, -0.25) is 9.69 Å². The summed E-state index contributed by atoms with van der Waals surface area (Å²) in [7, 11) is 0. The standard InChI is InChI=1S/C30H26F2N6O3/c1-16-7-27(41-29-22(31)3-2-4-23(29)32)34-12-26(16)38-30(33)21(11-35-38)28(39)25-9-18-8-17-5-6-37(20-14-40-15-20)13-19(17)10-24(18)36-25/h2-4,7-12,20,36H,5-6,13-15,33H2,1H3. The van der Waals surface area contributed by atoms with E-state index in [1.807, 2.05) is 6.07 Å². The first-order chi connectivity index (χ1) is 19.9. The molecule has 0 saturated carbocycles. The predicted molar refractivity (Wildman–Crippen MR) is 147 cm³/mol. The summed E-state index contributed by atoms with van der Waals surface area (Å²) in [6.07, 6.45) is 3.81. The molecule has 1 fully saturated rings. The van der Waals surface area contributed by atoms with Crippen molar-refractivity contribution in [3.05, 3.63) is 94.4 Å². The summed E-state index contributed by atoms with van der Waals surface area (Å²) in [5.41, 5.74) is 11.6. The van der Waals surface area contributed by atoms with Crippen LogP contribution in [-0.4, -0.2) is 56.2 Å². The van der Waals surface area contributed by atoms with Crippen molar-refractivity contribution in [3.63, 3.8) is 0 Å². The predicted octanol–water partition coefficient (Wildman–Crippen LogP) is 4.70. The average Bonchev–Trinajstić information content (AvgIpc) is 3.51. The topological polar surface area (TPSA) is 111 Å². The maximum Gasteiger partial charge on any atom is 0.219 e. The lowest BCUT2D eigenvalue weighted by Crippen LogP contribution is -2.50. The number of nitrogens with zero attached hydrogens (tertiary/aromatic N) is 4. The van der Waals surface area contributed by atoms with Gasteiger partial charge in [0.2, 0.25) is 17.4 Å². The number of nitrogens with two attached hydrogens (primary N) is 1. The lowest BCUT2D eigenvalue weighted by molar-refractivity contribution is -0.0694. The molecule has 3 aromatic heterocycles. The van der Waals surface area contributed by atoms with Crippen molar-refractivity contribution in [2.45, 2.75) is 25.9 Å². The van der Waals surface area contributed by atoms with Crippen LogP contribution in [0.1, 0.15) is 32.7 Å². The number of H-pyrrole nitrogens is 1. The minimum Gasteiger partial charge on any atom is -0.433 e. The fraction of sp³-hybridized carbons (Fsp3) is 0.233. The van der Waals surface area contributed by atoms with Gasteiger partial charge >= 0.3 is 0 Å². The quantitative estimate of drug-likeness (QED) is 0.292. The molecule has 2 aliphatic rings. The number of halogens is 2. The highest BCUT2D eigenvalue weighted by atomic mass is 19.1. The molecule has 9 nitrogen and oxygen atoms in total. The molecule has 1 saturated heterocycles. The Labute approximate surface area is 233 Å². The number of aromatic nitrogens is 4. The molecule has 0 spiro atoms. The Morgan fingerprint density at radius 2 is 1.93 bits per heavy atom. The number of ether oxygens (including phenoxy) is 2. The lowest BCUT2D eigenvalue weighted by Gasteiger charge is -2.40. The molecule has 5 heterocycles. The monoisotopic (exact) mass is 556 g/mol. The van der Waals surface area contributed by atoms with Gasteiger partial charge in [-0.15, -0.1) is 0 Å². The number of fused-ring (bicyclic) bond motifs is 2. The van der Waals surface area contributed by atoms with Gasteiger partial charge in [-0.2, -0.15) is 5.10 Å². The first-order valence-electron chi connectivity index (χ1n) is 13.3. The molecule has 7 rings (SSSR count). The molecule has 11 heteroatoms. The van der Waals surface area contributed by atoms with E-state index in [0.29, 0.717) is 23.0 Å². The maximum absolute atomic E-state index is 14.0. The Hall–Kier alpha value is -4.61. The number of ketones is 1. The number of carbonyl (C=O) groups is 1. The Kier molecular flexibility index (Phi) is 6.06. The third-order valence-electron chi connectivity index (χ3n) is 7.83. The molecular weight excluding hydrogens is 530 g/mol. The molecule has 0 atom stereocenters. The highest BCUT2D eigenvalue weighted by Crippen LogP contribution is 2.31. The molecule has 2 aliphatic heterocycles. The highest BCUT2D eigenvalue weighted by Gasteiger charge is 2.29. The third kappa shape index (κ3) is 4.43. The van der Waals surface area contributed by atoms with Crippen molar-refractivity contribution in [3.8, 4) is 17.3 Å². The third-order valence-corrected chi connectivity index (χ3v) is 7.83. The van der Waals surface area contributed by atoms with Crippen molar-refractivity contribution < 1.29 is 23.0 Å². The second kappa shape index (κ2) is 9.79. The zero-order valence-electron chi connectivity index (χ0n) is 22.2. The number of benzene rings is 2. The Bertz CT molecular complexity index is 1810. The van der Waals surface area contributed by atoms with E-state index < -0.39 is 17.4 Å². The molecule has 41 heavy (non-hydrogen) atoms. The smallest absolute Gasteiger partial charge is 0.219 e. The normalized spacial score (nSPS) is 15.6. The Morgan fingerprint density at radius 1 is 1.12 bits per heavy atom.